The van der Waals surface area contributed by atoms with E-state index in [9.17, 15) is 14.4 Å². The number of aromatic nitrogens is 1. The maximum absolute atomic E-state index is 12.0. The van der Waals surface area contributed by atoms with E-state index in [1.807, 2.05) is 0 Å². The van der Waals surface area contributed by atoms with E-state index >= 15 is 0 Å². The second-order valence-corrected chi connectivity index (χ2v) is 4.00. The van der Waals surface area contributed by atoms with Crippen molar-refractivity contribution in [2.24, 2.45) is 0 Å². The van der Waals surface area contributed by atoms with Gasteiger partial charge in [0.05, 0.1) is 5.56 Å². The second kappa shape index (κ2) is 4.40. The van der Waals surface area contributed by atoms with Crippen LogP contribution < -0.4 is 5.56 Å². The Labute approximate surface area is 96.9 Å². The Morgan fingerprint density at radius 2 is 2.12 bits per heavy atom. The Bertz CT molecular complexity index is 484. The third-order valence-corrected chi connectivity index (χ3v) is 2.59. The lowest BCUT2D eigenvalue weighted by Gasteiger charge is -2.19. The smallest absolute Gasteiger partial charge is 0.323 e. The topological polar surface area (TPSA) is 90.5 Å². The molecule has 1 aromatic heterocycles. The van der Waals surface area contributed by atoms with Crippen molar-refractivity contribution in [1.82, 2.24) is 9.88 Å². The predicted octanol–water partition coefficient (Wildman–Crippen LogP) is 0.0641. The minimum absolute atomic E-state index is 0.0190. The van der Waals surface area contributed by atoms with Gasteiger partial charge >= 0.3 is 5.97 Å². The Morgan fingerprint density at radius 3 is 2.59 bits per heavy atom. The number of rotatable bonds is 4. The highest BCUT2D eigenvalue weighted by atomic mass is 16.4. The molecule has 2 rings (SSSR count). The van der Waals surface area contributed by atoms with Gasteiger partial charge in [-0.2, -0.15) is 0 Å². The average Bonchev–Trinajstić information content (AvgIpc) is 3.09. The molecule has 0 unspecified atom stereocenters. The molecule has 1 heterocycles. The van der Waals surface area contributed by atoms with E-state index in [0.717, 1.165) is 12.8 Å². The van der Waals surface area contributed by atoms with Crippen molar-refractivity contribution < 1.29 is 14.7 Å². The van der Waals surface area contributed by atoms with Gasteiger partial charge in [-0.3, -0.25) is 14.4 Å². The van der Waals surface area contributed by atoms with Gasteiger partial charge in [-0.1, -0.05) is 0 Å². The summed E-state index contributed by atoms with van der Waals surface area (Å²) in [6.07, 6.45) is 2.98. The normalized spacial score (nSPS) is 14.4. The highest BCUT2D eigenvalue weighted by Crippen LogP contribution is 2.27. The van der Waals surface area contributed by atoms with E-state index in [-0.39, 0.29) is 24.1 Å². The molecule has 2 N–H and O–H groups in total. The van der Waals surface area contributed by atoms with E-state index in [4.69, 9.17) is 5.11 Å². The molecular formula is C11H12N2O4. The molecule has 90 valence electrons. The van der Waals surface area contributed by atoms with Gasteiger partial charge in [-0.25, -0.2) is 0 Å². The maximum atomic E-state index is 12.0. The predicted molar refractivity (Wildman–Crippen MR) is 58.8 cm³/mol. The Balaban J connectivity index is 2.18. The number of aromatic amines is 1. The van der Waals surface area contributed by atoms with Crippen LogP contribution in [0.15, 0.2) is 23.1 Å². The molecule has 1 aliphatic carbocycles. The lowest BCUT2D eigenvalue weighted by atomic mass is 10.2. The van der Waals surface area contributed by atoms with Gasteiger partial charge in [-0.05, 0) is 18.9 Å². The number of carboxylic acids is 1. The first kappa shape index (κ1) is 11.4. The summed E-state index contributed by atoms with van der Waals surface area (Å²) in [5, 5.41) is 8.75. The fourth-order valence-corrected chi connectivity index (χ4v) is 1.61. The summed E-state index contributed by atoms with van der Waals surface area (Å²) in [4.78, 5) is 37.3. The molecule has 1 aromatic rings. The number of carboxylic acid groups (broad SMARTS) is 1. The Morgan fingerprint density at radius 1 is 1.41 bits per heavy atom. The number of aliphatic carboxylic acids is 1. The fourth-order valence-electron chi connectivity index (χ4n) is 1.61. The van der Waals surface area contributed by atoms with E-state index in [0.29, 0.717) is 5.56 Å². The second-order valence-electron chi connectivity index (χ2n) is 4.00. The van der Waals surface area contributed by atoms with Gasteiger partial charge in [0.15, 0.2) is 0 Å². The lowest BCUT2D eigenvalue weighted by Crippen LogP contribution is -2.37. The molecule has 6 nitrogen and oxygen atoms in total. The molecule has 6 heteroatoms. The molecule has 0 atom stereocenters. The van der Waals surface area contributed by atoms with Crippen molar-refractivity contribution in [2.45, 2.75) is 18.9 Å². The Hall–Kier alpha value is -2.11. The van der Waals surface area contributed by atoms with Crippen LogP contribution in [0.2, 0.25) is 0 Å². The van der Waals surface area contributed by atoms with Crippen LogP contribution in [0.25, 0.3) is 0 Å². The molecule has 0 radical (unpaired) electrons. The van der Waals surface area contributed by atoms with Gasteiger partial charge in [-0.15, -0.1) is 0 Å². The molecule has 1 amide bonds. The van der Waals surface area contributed by atoms with Gasteiger partial charge < -0.3 is 15.0 Å². The van der Waals surface area contributed by atoms with Crippen LogP contribution in [-0.4, -0.2) is 39.5 Å². The zero-order valence-electron chi connectivity index (χ0n) is 9.05. The number of hydrogen-bond donors (Lipinski definition) is 2. The molecule has 17 heavy (non-hydrogen) atoms. The molecular weight excluding hydrogens is 224 g/mol. The molecule has 1 saturated carbocycles. The summed E-state index contributed by atoms with van der Waals surface area (Å²) in [5.41, 5.74) is 0.00973. The minimum atomic E-state index is -1.03. The zero-order valence-corrected chi connectivity index (χ0v) is 9.05. The molecule has 0 spiro atoms. The number of pyridine rings is 1. The van der Waals surface area contributed by atoms with Gasteiger partial charge in [0, 0.05) is 18.3 Å². The summed E-state index contributed by atoms with van der Waals surface area (Å²) in [5.74, 6) is -1.39. The Kier molecular flexibility index (Phi) is 2.95. The van der Waals surface area contributed by atoms with Crippen LogP contribution in [0, 0.1) is 0 Å². The number of hydrogen-bond acceptors (Lipinski definition) is 3. The monoisotopic (exact) mass is 236 g/mol. The fraction of sp³-hybridized carbons (Fsp3) is 0.364. The minimum Gasteiger partial charge on any atom is -0.480 e. The zero-order chi connectivity index (χ0) is 12.4. The van der Waals surface area contributed by atoms with Crippen molar-refractivity contribution in [3.8, 4) is 0 Å². The van der Waals surface area contributed by atoms with Crippen LogP contribution in [0.3, 0.4) is 0 Å². The molecule has 1 aliphatic rings. The first-order valence-corrected chi connectivity index (χ1v) is 5.29. The summed E-state index contributed by atoms with van der Waals surface area (Å²) >= 11 is 0. The summed E-state index contributed by atoms with van der Waals surface area (Å²) in [6.45, 7) is -0.303. The summed E-state index contributed by atoms with van der Waals surface area (Å²) in [7, 11) is 0. The van der Waals surface area contributed by atoms with Crippen LogP contribution in [0.1, 0.15) is 23.2 Å². The number of nitrogens with zero attached hydrogens (tertiary/aromatic N) is 1. The number of nitrogens with one attached hydrogen (secondary N) is 1. The largest absolute Gasteiger partial charge is 0.480 e. The van der Waals surface area contributed by atoms with Gasteiger partial charge in [0.25, 0.3) is 5.91 Å². The van der Waals surface area contributed by atoms with Crippen molar-refractivity contribution in [3.63, 3.8) is 0 Å². The number of amides is 1. The molecule has 0 aromatic carbocycles. The molecule has 0 saturated heterocycles. The lowest BCUT2D eigenvalue weighted by molar-refractivity contribution is -0.137. The van der Waals surface area contributed by atoms with Crippen molar-refractivity contribution in [2.75, 3.05) is 6.54 Å². The quantitative estimate of drug-likeness (QED) is 0.773. The van der Waals surface area contributed by atoms with Crippen LogP contribution in [-0.2, 0) is 4.79 Å². The van der Waals surface area contributed by atoms with Crippen molar-refractivity contribution >= 4 is 11.9 Å². The average molecular weight is 236 g/mol. The summed E-state index contributed by atoms with van der Waals surface area (Å²) in [6, 6.07) is 2.67. The SMILES string of the molecule is O=C(O)CN(C(=O)c1ccc(=O)[nH]c1)C1CC1. The first-order valence-electron chi connectivity index (χ1n) is 5.29. The number of H-pyrrole nitrogens is 1. The van der Waals surface area contributed by atoms with Gasteiger partial charge in [0.2, 0.25) is 5.56 Å². The van der Waals surface area contributed by atoms with Crippen LogP contribution >= 0.6 is 0 Å². The highest BCUT2D eigenvalue weighted by Gasteiger charge is 2.34. The molecule has 0 bridgehead atoms. The molecule has 1 fully saturated rings. The third kappa shape index (κ3) is 2.72. The maximum Gasteiger partial charge on any atom is 0.323 e. The standard InChI is InChI=1S/C11H12N2O4/c14-9-4-1-7(5-12-9)11(17)13(6-10(15)16)8-2-3-8/h1,4-5,8H,2-3,6H2,(H,12,14)(H,15,16). The van der Waals surface area contributed by atoms with E-state index < -0.39 is 5.97 Å². The van der Waals surface area contributed by atoms with E-state index in [2.05, 4.69) is 4.98 Å². The van der Waals surface area contributed by atoms with Crippen LogP contribution in [0.5, 0.6) is 0 Å². The van der Waals surface area contributed by atoms with Gasteiger partial charge in [0.1, 0.15) is 6.54 Å². The molecule has 0 aliphatic heterocycles. The summed E-state index contributed by atoms with van der Waals surface area (Å²) < 4.78 is 0. The van der Waals surface area contributed by atoms with Crippen molar-refractivity contribution in [1.29, 1.82) is 0 Å². The van der Waals surface area contributed by atoms with E-state index in [1.54, 1.807) is 0 Å². The third-order valence-electron chi connectivity index (χ3n) is 2.59. The van der Waals surface area contributed by atoms with Crippen LogP contribution in [0.4, 0.5) is 0 Å². The number of carbonyl (C=O) groups excluding carboxylic acids is 1. The highest BCUT2D eigenvalue weighted by molar-refractivity contribution is 5.95. The van der Waals surface area contributed by atoms with Crippen molar-refractivity contribution in [3.05, 3.63) is 34.2 Å². The number of carbonyl (C=O) groups is 2. The van der Waals surface area contributed by atoms with E-state index in [1.165, 1.54) is 23.2 Å². The first-order chi connectivity index (χ1) is 8.08.